The van der Waals surface area contributed by atoms with Crippen LogP contribution in [0.25, 0.3) is 0 Å². The zero-order chi connectivity index (χ0) is 15.5. The molecule has 0 unspecified atom stereocenters. The van der Waals surface area contributed by atoms with Gasteiger partial charge in [0.2, 0.25) is 0 Å². The fourth-order valence-corrected chi connectivity index (χ4v) is 3.47. The van der Waals surface area contributed by atoms with Gasteiger partial charge in [0.05, 0.1) is 6.61 Å². The van der Waals surface area contributed by atoms with Crippen molar-refractivity contribution in [3.8, 4) is 5.75 Å². The van der Waals surface area contributed by atoms with E-state index in [4.69, 9.17) is 4.74 Å². The van der Waals surface area contributed by atoms with Crippen LogP contribution in [0.5, 0.6) is 5.75 Å². The summed E-state index contributed by atoms with van der Waals surface area (Å²) in [5.41, 5.74) is 0.699. The van der Waals surface area contributed by atoms with Crippen LogP contribution in [0.1, 0.15) is 29.6 Å². The van der Waals surface area contributed by atoms with Crippen molar-refractivity contribution in [3.05, 3.63) is 29.8 Å². The number of nitrogens with zero attached hydrogens (tertiary/aromatic N) is 2. The average Bonchev–Trinajstić information content (AvgIpc) is 2.78. The van der Waals surface area contributed by atoms with Gasteiger partial charge in [-0.3, -0.25) is 4.79 Å². The van der Waals surface area contributed by atoms with Gasteiger partial charge in [-0.05, 0) is 55.4 Å². The van der Waals surface area contributed by atoms with Crippen LogP contribution in [0, 0.1) is 11.8 Å². The Morgan fingerprint density at radius 2 is 1.78 bits per heavy atom. The van der Waals surface area contributed by atoms with Crippen LogP contribution in [0.15, 0.2) is 24.3 Å². The summed E-state index contributed by atoms with van der Waals surface area (Å²) in [5, 5.41) is 0. The zero-order valence-electron chi connectivity index (χ0n) is 14.0. The predicted molar refractivity (Wildman–Crippen MR) is 94.5 cm³/mol. The number of ether oxygens (including phenoxy) is 1. The van der Waals surface area contributed by atoms with Gasteiger partial charge in [-0.2, -0.15) is 0 Å². The molecule has 1 amide bonds. The predicted octanol–water partition coefficient (Wildman–Crippen LogP) is 2.92. The van der Waals surface area contributed by atoms with E-state index in [0.717, 1.165) is 37.2 Å². The number of benzene rings is 1. The van der Waals surface area contributed by atoms with Crippen molar-refractivity contribution in [2.24, 2.45) is 11.8 Å². The number of rotatable bonds is 6. The molecular formula is C18H27ClN2O2. The number of carbonyl (C=O) groups is 1. The summed E-state index contributed by atoms with van der Waals surface area (Å²) in [6.07, 6.45) is 3.95. The van der Waals surface area contributed by atoms with Crippen LogP contribution in [-0.4, -0.2) is 56.0 Å². The topological polar surface area (TPSA) is 32.8 Å². The number of amides is 1. The fraction of sp³-hybridized carbons (Fsp3) is 0.611. The molecule has 0 aromatic heterocycles. The molecule has 0 radical (unpaired) electrons. The van der Waals surface area contributed by atoms with Crippen molar-refractivity contribution < 1.29 is 9.53 Å². The van der Waals surface area contributed by atoms with E-state index in [1.807, 2.05) is 24.3 Å². The Labute approximate surface area is 145 Å². The Bertz CT molecular complexity index is 506. The molecule has 2 fully saturated rings. The number of hydrogen-bond donors (Lipinski definition) is 0. The summed E-state index contributed by atoms with van der Waals surface area (Å²) in [7, 11) is 3.52. The monoisotopic (exact) mass is 338 g/mol. The molecule has 1 saturated heterocycles. The summed E-state index contributed by atoms with van der Waals surface area (Å²) >= 11 is 0. The van der Waals surface area contributed by atoms with Gasteiger partial charge in [-0.15, -0.1) is 12.4 Å². The van der Waals surface area contributed by atoms with Gasteiger partial charge in [-0.25, -0.2) is 0 Å². The molecule has 4 nitrogen and oxygen atoms in total. The second-order valence-electron chi connectivity index (χ2n) is 6.78. The first-order valence-corrected chi connectivity index (χ1v) is 8.30. The van der Waals surface area contributed by atoms with Gasteiger partial charge in [0.1, 0.15) is 5.75 Å². The minimum Gasteiger partial charge on any atom is -0.494 e. The molecule has 0 N–H and O–H groups in total. The highest BCUT2D eigenvalue weighted by molar-refractivity contribution is 5.93. The number of halogens is 1. The summed E-state index contributed by atoms with van der Waals surface area (Å²) in [6, 6.07) is 7.42. The SMILES string of the molecule is CN(C)C(=O)c1ccc(OCCCN2C[C@H]3CC[C@H]3C2)cc1.Cl. The molecular weight excluding hydrogens is 312 g/mol. The first kappa shape index (κ1) is 18.1. The zero-order valence-corrected chi connectivity index (χ0v) is 14.8. The second-order valence-corrected chi connectivity index (χ2v) is 6.78. The number of fused-ring (bicyclic) bond motifs is 1. The maximum atomic E-state index is 11.8. The summed E-state index contributed by atoms with van der Waals surface area (Å²) in [4.78, 5) is 16.0. The van der Waals surface area contributed by atoms with Crippen molar-refractivity contribution in [1.29, 1.82) is 0 Å². The molecule has 128 valence electrons. The summed E-state index contributed by atoms with van der Waals surface area (Å²) in [6.45, 7) is 4.48. The van der Waals surface area contributed by atoms with Gasteiger partial charge in [-0.1, -0.05) is 0 Å². The largest absolute Gasteiger partial charge is 0.494 e. The molecule has 23 heavy (non-hydrogen) atoms. The number of carbonyl (C=O) groups excluding carboxylic acids is 1. The Morgan fingerprint density at radius 1 is 1.17 bits per heavy atom. The minimum atomic E-state index is 0. The molecule has 1 heterocycles. The van der Waals surface area contributed by atoms with Crippen molar-refractivity contribution in [3.63, 3.8) is 0 Å². The van der Waals surface area contributed by atoms with Crippen molar-refractivity contribution in [2.45, 2.75) is 19.3 Å². The lowest BCUT2D eigenvalue weighted by Gasteiger charge is -2.28. The number of likely N-dealkylation sites (tertiary alicyclic amines) is 1. The van der Waals surface area contributed by atoms with Crippen LogP contribution < -0.4 is 4.74 Å². The van der Waals surface area contributed by atoms with Gasteiger partial charge in [0, 0.05) is 39.3 Å². The standard InChI is InChI=1S/C18H26N2O2.ClH/c1-19(2)18(21)14-6-8-17(9-7-14)22-11-3-10-20-12-15-4-5-16(15)13-20;/h6-9,15-16H,3-5,10-13H2,1-2H3;1H/t15-,16+;. The Balaban J connectivity index is 0.00000192. The third-order valence-corrected chi connectivity index (χ3v) is 4.96. The van der Waals surface area contributed by atoms with E-state index in [0.29, 0.717) is 5.56 Å². The van der Waals surface area contributed by atoms with Crippen LogP contribution in [0.2, 0.25) is 0 Å². The molecule has 1 aromatic rings. The molecule has 1 saturated carbocycles. The smallest absolute Gasteiger partial charge is 0.253 e. The van der Waals surface area contributed by atoms with Gasteiger partial charge in [0.15, 0.2) is 0 Å². The normalized spacial score (nSPS) is 22.7. The van der Waals surface area contributed by atoms with Gasteiger partial charge >= 0.3 is 0 Å². The highest BCUT2D eigenvalue weighted by atomic mass is 35.5. The summed E-state index contributed by atoms with van der Waals surface area (Å²) < 4.78 is 5.78. The van der Waals surface area contributed by atoms with E-state index in [2.05, 4.69) is 4.90 Å². The molecule has 1 aromatic carbocycles. The lowest BCUT2D eigenvalue weighted by molar-refractivity contribution is 0.0827. The van der Waals surface area contributed by atoms with Crippen molar-refractivity contribution >= 4 is 18.3 Å². The highest BCUT2D eigenvalue weighted by Crippen LogP contribution is 2.40. The maximum Gasteiger partial charge on any atom is 0.253 e. The van der Waals surface area contributed by atoms with Crippen LogP contribution in [0.4, 0.5) is 0 Å². The minimum absolute atomic E-state index is 0. The Morgan fingerprint density at radius 3 is 2.30 bits per heavy atom. The van der Waals surface area contributed by atoms with Crippen molar-refractivity contribution in [1.82, 2.24) is 9.80 Å². The molecule has 1 aliphatic heterocycles. The molecule has 5 heteroatoms. The third-order valence-electron chi connectivity index (χ3n) is 4.96. The first-order valence-electron chi connectivity index (χ1n) is 8.30. The van der Waals surface area contributed by atoms with Crippen LogP contribution in [-0.2, 0) is 0 Å². The molecule has 0 bridgehead atoms. The molecule has 1 aliphatic carbocycles. The van der Waals surface area contributed by atoms with E-state index in [1.54, 1.807) is 19.0 Å². The molecule has 2 atom stereocenters. The highest BCUT2D eigenvalue weighted by Gasteiger charge is 2.38. The lowest BCUT2D eigenvalue weighted by Crippen LogP contribution is -2.23. The molecule has 2 aliphatic rings. The average molecular weight is 339 g/mol. The van der Waals surface area contributed by atoms with Gasteiger partial charge in [0.25, 0.3) is 5.91 Å². The van der Waals surface area contributed by atoms with E-state index in [9.17, 15) is 4.79 Å². The van der Waals surface area contributed by atoms with E-state index >= 15 is 0 Å². The van der Waals surface area contributed by atoms with Gasteiger partial charge < -0.3 is 14.5 Å². The molecule has 0 spiro atoms. The quantitative estimate of drug-likeness (QED) is 0.748. The van der Waals surface area contributed by atoms with E-state index < -0.39 is 0 Å². The second kappa shape index (κ2) is 8.02. The van der Waals surface area contributed by atoms with E-state index in [-0.39, 0.29) is 18.3 Å². The molecule has 3 rings (SSSR count). The van der Waals surface area contributed by atoms with Crippen LogP contribution >= 0.6 is 12.4 Å². The first-order chi connectivity index (χ1) is 10.6. The summed E-state index contributed by atoms with van der Waals surface area (Å²) in [5.74, 6) is 2.84. The number of hydrogen-bond acceptors (Lipinski definition) is 3. The third kappa shape index (κ3) is 4.39. The Hall–Kier alpha value is -1.26. The maximum absolute atomic E-state index is 11.8. The lowest BCUT2D eigenvalue weighted by atomic mass is 9.77. The van der Waals surface area contributed by atoms with E-state index in [1.165, 1.54) is 25.9 Å². The Kier molecular flexibility index (Phi) is 6.31. The fourth-order valence-electron chi connectivity index (χ4n) is 3.47. The van der Waals surface area contributed by atoms with Crippen LogP contribution in [0.3, 0.4) is 0 Å². The van der Waals surface area contributed by atoms with Crippen molar-refractivity contribution in [2.75, 3.05) is 40.3 Å².